The van der Waals surface area contributed by atoms with Crippen molar-refractivity contribution < 1.29 is 0 Å². The highest BCUT2D eigenvalue weighted by Gasteiger charge is 2.06. The zero-order valence-corrected chi connectivity index (χ0v) is 10.2. The number of hydrogen-bond acceptors (Lipinski definition) is 1. The van der Waals surface area contributed by atoms with Crippen molar-refractivity contribution in [1.29, 1.82) is 0 Å². The van der Waals surface area contributed by atoms with Gasteiger partial charge in [0.15, 0.2) is 0 Å². The number of nitrogens with one attached hydrogen (secondary N) is 1. The van der Waals surface area contributed by atoms with Gasteiger partial charge in [0.2, 0.25) is 0 Å². The Kier molecular flexibility index (Phi) is 2.52. The molecule has 0 amide bonds. The highest BCUT2D eigenvalue weighted by molar-refractivity contribution is 5.78. The van der Waals surface area contributed by atoms with E-state index >= 15 is 0 Å². The van der Waals surface area contributed by atoms with Crippen molar-refractivity contribution in [2.24, 2.45) is 0 Å². The summed E-state index contributed by atoms with van der Waals surface area (Å²) in [6.07, 6.45) is 0. The van der Waals surface area contributed by atoms with Gasteiger partial charge in [0.1, 0.15) is 0 Å². The molecule has 0 bridgehead atoms. The van der Waals surface area contributed by atoms with E-state index in [0.29, 0.717) is 6.54 Å². The third kappa shape index (κ3) is 1.84. The largest absolute Gasteiger partial charge is 0.295 e. The second kappa shape index (κ2) is 4.18. The summed E-state index contributed by atoms with van der Waals surface area (Å²) < 4.78 is 1.65. The Morgan fingerprint density at radius 3 is 2.67 bits per heavy atom. The minimum absolute atomic E-state index is 0.0360. The number of fused-ring (bicyclic) bond motifs is 1. The second-order valence-electron chi connectivity index (χ2n) is 4.54. The van der Waals surface area contributed by atoms with E-state index in [0.717, 1.165) is 22.0 Å². The Bertz CT molecular complexity index is 738. The smallest absolute Gasteiger partial charge is 0.274 e. The van der Waals surface area contributed by atoms with Crippen molar-refractivity contribution in [3.8, 4) is 0 Å². The number of H-pyrrole nitrogens is 1. The molecule has 1 heterocycles. The van der Waals surface area contributed by atoms with Crippen LogP contribution in [0.5, 0.6) is 0 Å². The second-order valence-corrected chi connectivity index (χ2v) is 4.54. The monoisotopic (exact) mass is 238 g/mol. The van der Waals surface area contributed by atoms with Gasteiger partial charge in [0.25, 0.3) is 5.56 Å². The Balaban J connectivity index is 2.08. The van der Waals surface area contributed by atoms with E-state index in [4.69, 9.17) is 0 Å². The maximum atomic E-state index is 12.2. The molecule has 3 rings (SSSR count). The molecule has 0 fully saturated rings. The topological polar surface area (TPSA) is 37.8 Å². The maximum Gasteiger partial charge on any atom is 0.274 e. The summed E-state index contributed by atoms with van der Waals surface area (Å²) in [6.45, 7) is 2.60. The van der Waals surface area contributed by atoms with Gasteiger partial charge in [0, 0.05) is 0 Å². The van der Waals surface area contributed by atoms with E-state index in [2.05, 4.69) is 5.10 Å². The predicted octanol–water partition coefficient (Wildman–Crippen LogP) is 2.69. The molecule has 0 aliphatic rings. The van der Waals surface area contributed by atoms with Gasteiger partial charge in [-0.05, 0) is 30.2 Å². The van der Waals surface area contributed by atoms with Gasteiger partial charge in [-0.15, -0.1) is 0 Å². The first-order chi connectivity index (χ1) is 8.74. The molecule has 0 saturated heterocycles. The molecule has 18 heavy (non-hydrogen) atoms. The van der Waals surface area contributed by atoms with Crippen molar-refractivity contribution in [3.05, 3.63) is 70.0 Å². The molecule has 0 spiro atoms. The van der Waals surface area contributed by atoms with E-state index in [1.165, 1.54) is 0 Å². The van der Waals surface area contributed by atoms with E-state index in [1.54, 1.807) is 4.68 Å². The van der Waals surface area contributed by atoms with Crippen molar-refractivity contribution in [2.75, 3.05) is 0 Å². The summed E-state index contributed by atoms with van der Waals surface area (Å²) in [6, 6.07) is 15.8. The lowest BCUT2D eigenvalue weighted by Gasteiger charge is -2.00. The molecule has 3 nitrogen and oxygen atoms in total. The number of aromatic nitrogens is 2. The highest BCUT2D eigenvalue weighted by Crippen LogP contribution is 2.10. The quantitative estimate of drug-likeness (QED) is 0.732. The number of nitrogens with zero attached hydrogens (tertiary/aromatic N) is 1. The summed E-state index contributed by atoms with van der Waals surface area (Å²) >= 11 is 0. The van der Waals surface area contributed by atoms with Crippen LogP contribution in [-0.4, -0.2) is 9.78 Å². The van der Waals surface area contributed by atoms with Gasteiger partial charge in [-0.2, -0.15) is 0 Å². The molecule has 0 saturated carbocycles. The summed E-state index contributed by atoms with van der Waals surface area (Å²) in [5.41, 5.74) is 3.20. The third-order valence-corrected chi connectivity index (χ3v) is 3.09. The van der Waals surface area contributed by atoms with Crippen molar-refractivity contribution in [3.63, 3.8) is 0 Å². The highest BCUT2D eigenvalue weighted by atomic mass is 16.1. The van der Waals surface area contributed by atoms with Crippen molar-refractivity contribution in [2.45, 2.75) is 13.5 Å². The van der Waals surface area contributed by atoms with Gasteiger partial charge in [-0.25, -0.2) is 4.68 Å². The molecule has 3 aromatic rings. The van der Waals surface area contributed by atoms with Crippen LogP contribution >= 0.6 is 0 Å². The standard InChI is InChI=1S/C15H14N2O/c1-11-7-8-13-14(9-11)16-17(15(13)18)10-12-5-3-2-4-6-12/h2-9,16H,10H2,1H3. The minimum atomic E-state index is 0.0360. The first kappa shape index (κ1) is 10.8. The van der Waals surface area contributed by atoms with E-state index in [9.17, 15) is 4.79 Å². The number of aromatic amines is 1. The molecule has 0 unspecified atom stereocenters. The van der Waals surface area contributed by atoms with E-state index in [1.807, 2.05) is 55.5 Å². The van der Waals surface area contributed by atoms with Gasteiger partial charge >= 0.3 is 0 Å². The first-order valence-corrected chi connectivity index (χ1v) is 5.97. The summed E-state index contributed by atoms with van der Waals surface area (Å²) in [7, 11) is 0. The molecule has 3 heteroatoms. The number of aryl methyl sites for hydroxylation is 1. The van der Waals surface area contributed by atoms with Gasteiger partial charge in [0.05, 0.1) is 17.4 Å². The van der Waals surface area contributed by atoms with Crippen molar-refractivity contribution in [1.82, 2.24) is 9.78 Å². The summed E-state index contributed by atoms with van der Waals surface area (Å²) in [4.78, 5) is 12.2. The van der Waals surface area contributed by atoms with Crippen LogP contribution in [0.3, 0.4) is 0 Å². The summed E-state index contributed by atoms with van der Waals surface area (Å²) in [5.74, 6) is 0. The molecule has 2 aromatic carbocycles. The summed E-state index contributed by atoms with van der Waals surface area (Å²) in [5, 5.41) is 3.90. The molecule has 90 valence electrons. The maximum absolute atomic E-state index is 12.2. The molecular formula is C15H14N2O. The Morgan fingerprint density at radius 1 is 1.11 bits per heavy atom. The lowest BCUT2D eigenvalue weighted by atomic mass is 10.2. The SMILES string of the molecule is Cc1ccc2c(=O)n(Cc3ccccc3)[nH]c2c1. The predicted molar refractivity (Wildman–Crippen MR) is 72.8 cm³/mol. The Morgan fingerprint density at radius 2 is 1.89 bits per heavy atom. The number of benzene rings is 2. The van der Waals surface area contributed by atoms with Crippen LogP contribution in [0.4, 0.5) is 0 Å². The molecule has 1 aromatic heterocycles. The average molecular weight is 238 g/mol. The zero-order chi connectivity index (χ0) is 12.5. The average Bonchev–Trinajstić information content (AvgIpc) is 2.67. The lowest BCUT2D eigenvalue weighted by Crippen LogP contribution is -2.17. The van der Waals surface area contributed by atoms with Crippen LogP contribution in [0.2, 0.25) is 0 Å². The normalized spacial score (nSPS) is 10.9. The van der Waals surface area contributed by atoms with Gasteiger partial charge < -0.3 is 0 Å². The Labute approximate surface area is 105 Å². The fraction of sp³-hybridized carbons (Fsp3) is 0.133. The van der Waals surface area contributed by atoms with Crippen LogP contribution < -0.4 is 5.56 Å². The number of hydrogen-bond donors (Lipinski definition) is 1. The van der Waals surface area contributed by atoms with Crippen LogP contribution in [0.15, 0.2) is 53.3 Å². The fourth-order valence-electron chi connectivity index (χ4n) is 2.16. The molecule has 0 aliphatic heterocycles. The first-order valence-electron chi connectivity index (χ1n) is 5.97. The molecule has 0 radical (unpaired) electrons. The van der Waals surface area contributed by atoms with Crippen LogP contribution in [0.1, 0.15) is 11.1 Å². The molecule has 1 N–H and O–H groups in total. The van der Waals surface area contributed by atoms with Gasteiger partial charge in [-0.1, -0.05) is 36.4 Å². The Hall–Kier alpha value is -2.29. The fourth-order valence-corrected chi connectivity index (χ4v) is 2.16. The van der Waals surface area contributed by atoms with E-state index in [-0.39, 0.29) is 5.56 Å². The van der Waals surface area contributed by atoms with Crippen LogP contribution in [-0.2, 0) is 6.54 Å². The third-order valence-electron chi connectivity index (χ3n) is 3.09. The lowest BCUT2D eigenvalue weighted by molar-refractivity contribution is 0.672. The number of rotatable bonds is 2. The van der Waals surface area contributed by atoms with Crippen LogP contribution in [0, 0.1) is 6.92 Å². The van der Waals surface area contributed by atoms with Crippen LogP contribution in [0.25, 0.3) is 10.9 Å². The molecular weight excluding hydrogens is 224 g/mol. The molecule has 0 aliphatic carbocycles. The van der Waals surface area contributed by atoms with Crippen molar-refractivity contribution >= 4 is 10.9 Å². The minimum Gasteiger partial charge on any atom is -0.295 e. The molecule has 0 atom stereocenters. The zero-order valence-electron chi connectivity index (χ0n) is 10.2. The van der Waals surface area contributed by atoms with E-state index < -0.39 is 0 Å². The van der Waals surface area contributed by atoms with Gasteiger partial charge in [-0.3, -0.25) is 9.89 Å².